The lowest BCUT2D eigenvalue weighted by atomic mass is 10.1. The van der Waals surface area contributed by atoms with Crippen molar-refractivity contribution in [3.05, 3.63) is 94.1 Å². The summed E-state index contributed by atoms with van der Waals surface area (Å²) in [6.45, 7) is -0.0493. The lowest BCUT2D eigenvalue weighted by molar-refractivity contribution is -0.123. The Morgan fingerprint density at radius 3 is 2.40 bits per heavy atom. The summed E-state index contributed by atoms with van der Waals surface area (Å²) in [5, 5.41) is 5.36. The van der Waals surface area contributed by atoms with Gasteiger partial charge in [0.15, 0.2) is 18.1 Å². The summed E-state index contributed by atoms with van der Waals surface area (Å²) >= 11 is 3.46. The number of benzene rings is 3. The van der Waals surface area contributed by atoms with Crippen molar-refractivity contribution in [2.45, 2.75) is 6.54 Å². The molecule has 0 bridgehead atoms. The number of carbonyl (C=O) groups is 3. The predicted octanol–water partition coefficient (Wildman–Crippen LogP) is 4.57. The number of carbonyl (C=O) groups excluding carboxylic acids is 3. The standard InChI is InChI=1S/C26H22BrN3O5/c1-34-22-13-18(12-21-25(32)30(26(33)29-21)15-17-8-4-2-5-9-17)20(27)14-23(22)35-16-24(31)28-19-10-6-3-7-11-19/h2-14H,15-16H2,1H3,(H,28,31)(H,29,33)/b21-12+. The number of halogens is 1. The highest BCUT2D eigenvalue weighted by atomic mass is 79.9. The fourth-order valence-corrected chi connectivity index (χ4v) is 3.87. The lowest BCUT2D eigenvalue weighted by Crippen LogP contribution is -2.30. The summed E-state index contributed by atoms with van der Waals surface area (Å²) in [5.41, 5.74) is 2.25. The van der Waals surface area contributed by atoms with Crippen molar-refractivity contribution in [3.8, 4) is 11.5 Å². The first kappa shape index (κ1) is 24.0. The van der Waals surface area contributed by atoms with Gasteiger partial charge in [0, 0.05) is 10.2 Å². The largest absolute Gasteiger partial charge is 0.493 e. The number of rotatable bonds is 8. The Morgan fingerprint density at radius 1 is 1.03 bits per heavy atom. The van der Waals surface area contributed by atoms with Crippen LogP contribution in [0.5, 0.6) is 11.5 Å². The van der Waals surface area contributed by atoms with E-state index in [-0.39, 0.29) is 24.8 Å². The number of para-hydroxylation sites is 1. The van der Waals surface area contributed by atoms with Crippen molar-refractivity contribution < 1.29 is 23.9 Å². The molecule has 2 N–H and O–H groups in total. The van der Waals surface area contributed by atoms with Crippen molar-refractivity contribution in [1.29, 1.82) is 0 Å². The van der Waals surface area contributed by atoms with E-state index in [4.69, 9.17) is 9.47 Å². The van der Waals surface area contributed by atoms with E-state index >= 15 is 0 Å². The number of nitrogens with zero attached hydrogens (tertiary/aromatic N) is 1. The topological polar surface area (TPSA) is 97.0 Å². The summed E-state index contributed by atoms with van der Waals surface area (Å²) in [6, 6.07) is 21.1. The molecule has 3 aromatic carbocycles. The van der Waals surface area contributed by atoms with E-state index in [9.17, 15) is 14.4 Å². The number of methoxy groups -OCH3 is 1. The van der Waals surface area contributed by atoms with Crippen LogP contribution in [0.4, 0.5) is 10.5 Å². The number of urea groups is 1. The molecule has 35 heavy (non-hydrogen) atoms. The summed E-state index contributed by atoms with van der Waals surface area (Å²) in [4.78, 5) is 38.6. The third kappa shape index (κ3) is 5.88. The van der Waals surface area contributed by atoms with Crippen LogP contribution in [-0.4, -0.2) is 36.5 Å². The van der Waals surface area contributed by atoms with Gasteiger partial charge in [-0.15, -0.1) is 0 Å². The Labute approximate surface area is 210 Å². The quantitative estimate of drug-likeness (QED) is 0.325. The Morgan fingerprint density at radius 2 is 1.71 bits per heavy atom. The molecule has 9 heteroatoms. The van der Waals surface area contributed by atoms with Crippen molar-refractivity contribution in [2.75, 3.05) is 19.0 Å². The van der Waals surface area contributed by atoms with Gasteiger partial charge in [0.2, 0.25) is 0 Å². The van der Waals surface area contributed by atoms with E-state index < -0.39 is 11.9 Å². The van der Waals surface area contributed by atoms with Crippen LogP contribution in [0, 0.1) is 0 Å². The highest BCUT2D eigenvalue weighted by molar-refractivity contribution is 9.10. The zero-order valence-electron chi connectivity index (χ0n) is 18.8. The zero-order chi connectivity index (χ0) is 24.8. The third-order valence-corrected chi connectivity index (χ3v) is 5.83. The smallest absolute Gasteiger partial charge is 0.329 e. The number of amides is 4. The van der Waals surface area contributed by atoms with Gasteiger partial charge in [-0.25, -0.2) is 4.79 Å². The fraction of sp³-hybridized carbons (Fsp3) is 0.115. The van der Waals surface area contributed by atoms with E-state index in [1.54, 1.807) is 30.3 Å². The molecule has 8 nitrogen and oxygen atoms in total. The van der Waals surface area contributed by atoms with Crippen LogP contribution >= 0.6 is 15.9 Å². The molecule has 4 rings (SSSR count). The molecule has 1 aliphatic heterocycles. The minimum absolute atomic E-state index is 0.143. The van der Waals surface area contributed by atoms with Gasteiger partial charge in [-0.05, 0) is 41.5 Å². The second kappa shape index (κ2) is 10.9. The van der Waals surface area contributed by atoms with Crippen LogP contribution < -0.4 is 20.1 Å². The van der Waals surface area contributed by atoms with Gasteiger partial charge < -0.3 is 20.1 Å². The van der Waals surface area contributed by atoms with E-state index in [0.717, 1.165) is 10.5 Å². The molecule has 1 heterocycles. The van der Waals surface area contributed by atoms with Gasteiger partial charge >= 0.3 is 6.03 Å². The number of imide groups is 1. The Kier molecular flexibility index (Phi) is 7.47. The predicted molar refractivity (Wildman–Crippen MR) is 135 cm³/mol. The van der Waals surface area contributed by atoms with Gasteiger partial charge in [-0.1, -0.05) is 64.5 Å². The van der Waals surface area contributed by atoms with Gasteiger partial charge in [0.05, 0.1) is 13.7 Å². The normalized spacial score (nSPS) is 14.1. The summed E-state index contributed by atoms with van der Waals surface area (Å²) in [6.07, 6.45) is 1.56. The first-order chi connectivity index (χ1) is 16.9. The molecule has 0 unspecified atom stereocenters. The molecule has 3 aromatic rings. The molecule has 0 atom stereocenters. The molecule has 1 aliphatic rings. The first-order valence-corrected chi connectivity index (χ1v) is 11.5. The zero-order valence-corrected chi connectivity index (χ0v) is 20.4. The second-order valence-corrected chi connectivity index (χ2v) is 8.45. The maximum atomic E-state index is 12.8. The summed E-state index contributed by atoms with van der Waals surface area (Å²) in [5.74, 6) is -0.0383. The molecular formula is C26H22BrN3O5. The molecule has 178 valence electrons. The van der Waals surface area contributed by atoms with Crippen LogP contribution in [0.2, 0.25) is 0 Å². The van der Waals surface area contributed by atoms with Crippen LogP contribution in [0.3, 0.4) is 0 Å². The number of ether oxygens (including phenoxy) is 2. The minimum atomic E-state index is -0.488. The molecule has 0 radical (unpaired) electrons. The highest BCUT2D eigenvalue weighted by Crippen LogP contribution is 2.35. The van der Waals surface area contributed by atoms with Crippen LogP contribution in [-0.2, 0) is 16.1 Å². The molecule has 0 spiro atoms. The summed E-state index contributed by atoms with van der Waals surface area (Å²) in [7, 11) is 1.47. The second-order valence-electron chi connectivity index (χ2n) is 7.59. The summed E-state index contributed by atoms with van der Waals surface area (Å²) < 4.78 is 11.7. The van der Waals surface area contributed by atoms with Crippen molar-refractivity contribution in [3.63, 3.8) is 0 Å². The van der Waals surface area contributed by atoms with E-state index in [1.165, 1.54) is 7.11 Å². The third-order valence-electron chi connectivity index (χ3n) is 5.14. The molecule has 0 saturated carbocycles. The fourth-order valence-electron chi connectivity index (χ4n) is 3.43. The molecule has 1 fully saturated rings. The number of anilines is 1. The van der Waals surface area contributed by atoms with Crippen LogP contribution in [0.25, 0.3) is 6.08 Å². The molecule has 0 aromatic heterocycles. The average molecular weight is 536 g/mol. The Hall–Kier alpha value is -4.11. The molecule has 4 amide bonds. The van der Waals surface area contributed by atoms with Crippen molar-refractivity contribution in [2.24, 2.45) is 0 Å². The van der Waals surface area contributed by atoms with Crippen molar-refractivity contribution >= 4 is 45.5 Å². The maximum Gasteiger partial charge on any atom is 0.329 e. The van der Waals surface area contributed by atoms with Crippen LogP contribution in [0.1, 0.15) is 11.1 Å². The van der Waals surface area contributed by atoms with Gasteiger partial charge in [-0.2, -0.15) is 0 Å². The number of nitrogens with one attached hydrogen (secondary N) is 2. The molecule has 1 saturated heterocycles. The maximum absolute atomic E-state index is 12.8. The number of hydrogen-bond acceptors (Lipinski definition) is 5. The van der Waals surface area contributed by atoms with Crippen LogP contribution in [0.15, 0.2) is 83.0 Å². The SMILES string of the molecule is COc1cc(/C=C2/NC(=O)N(Cc3ccccc3)C2=O)c(Br)cc1OCC(=O)Nc1ccccc1. The average Bonchev–Trinajstić information content (AvgIpc) is 3.12. The monoisotopic (exact) mass is 535 g/mol. The van der Waals surface area contributed by atoms with Gasteiger partial charge in [0.1, 0.15) is 5.70 Å². The van der Waals surface area contributed by atoms with E-state index in [2.05, 4.69) is 26.6 Å². The van der Waals surface area contributed by atoms with Gasteiger partial charge in [-0.3, -0.25) is 14.5 Å². The first-order valence-electron chi connectivity index (χ1n) is 10.7. The Bertz CT molecular complexity index is 1280. The van der Waals surface area contributed by atoms with Gasteiger partial charge in [0.25, 0.3) is 11.8 Å². The van der Waals surface area contributed by atoms with E-state index in [0.29, 0.717) is 27.2 Å². The molecule has 0 aliphatic carbocycles. The minimum Gasteiger partial charge on any atom is -0.493 e. The molecular weight excluding hydrogens is 514 g/mol. The highest BCUT2D eigenvalue weighted by Gasteiger charge is 2.33. The lowest BCUT2D eigenvalue weighted by Gasteiger charge is -2.13. The number of hydrogen-bond donors (Lipinski definition) is 2. The van der Waals surface area contributed by atoms with E-state index in [1.807, 2.05) is 48.5 Å². The Balaban J connectivity index is 1.47. The van der Waals surface area contributed by atoms with Crippen molar-refractivity contribution in [1.82, 2.24) is 10.2 Å².